The van der Waals surface area contributed by atoms with Gasteiger partial charge in [0.25, 0.3) is 0 Å². The van der Waals surface area contributed by atoms with E-state index < -0.39 is 0 Å². The van der Waals surface area contributed by atoms with Gasteiger partial charge in [0, 0.05) is 12.6 Å². The predicted molar refractivity (Wildman–Crippen MR) is 75.0 cm³/mol. The van der Waals surface area contributed by atoms with Gasteiger partial charge >= 0.3 is 0 Å². The normalized spacial score (nSPS) is 18.8. The lowest BCUT2D eigenvalue weighted by atomic mass is 9.88. The highest BCUT2D eigenvalue weighted by Crippen LogP contribution is 2.30. The number of hydrogen-bond acceptors (Lipinski definition) is 3. The van der Waals surface area contributed by atoms with Crippen LogP contribution in [0.1, 0.15) is 36.4 Å². The van der Waals surface area contributed by atoms with E-state index in [4.69, 9.17) is 10.5 Å². The Bertz CT molecular complexity index is 390. The molecule has 3 heteroatoms. The summed E-state index contributed by atoms with van der Waals surface area (Å²) in [6.07, 6.45) is 4.50. The van der Waals surface area contributed by atoms with Gasteiger partial charge in [0.1, 0.15) is 5.75 Å². The van der Waals surface area contributed by atoms with Gasteiger partial charge in [-0.05, 0) is 63.0 Å². The maximum atomic E-state index is 6.11. The van der Waals surface area contributed by atoms with Crippen LogP contribution in [0.15, 0.2) is 18.2 Å². The molecule has 1 unspecified atom stereocenters. The van der Waals surface area contributed by atoms with Crippen molar-refractivity contribution in [2.75, 3.05) is 27.2 Å². The van der Waals surface area contributed by atoms with Gasteiger partial charge in [0.15, 0.2) is 0 Å². The highest BCUT2D eigenvalue weighted by molar-refractivity contribution is 5.38. The molecule has 0 heterocycles. The first-order valence-electron chi connectivity index (χ1n) is 6.83. The largest absolute Gasteiger partial charge is 0.494 e. The van der Waals surface area contributed by atoms with Crippen molar-refractivity contribution in [3.8, 4) is 5.75 Å². The van der Waals surface area contributed by atoms with Crippen molar-refractivity contribution >= 4 is 0 Å². The van der Waals surface area contributed by atoms with Crippen LogP contribution in [0.2, 0.25) is 0 Å². The van der Waals surface area contributed by atoms with Gasteiger partial charge in [-0.25, -0.2) is 0 Å². The standard InChI is InChI=1S/C15H24N2O/c1-17(2)9-4-10-18-13-7-8-14-12(11-13)5-3-6-15(14)16/h7-8,11,15H,3-6,9-10,16H2,1-2H3. The maximum absolute atomic E-state index is 6.11. The lowest BCUT2D eigenvalue weighted by Gasteiger charge is -2.22. The minimum absolute atomic E-state index is 0.219. The predicted octanol–water partition coefficient (Wildman–Crippen LogP) is 2.35. The summed E-state index contributed by atoms with van der Waals surface area (Å²) in [5.41, 5.74) is 8.79. The molecule has 1 aromatic rings. The SMILES string of the molecule is CN(C)CCCOc1ccc2c(c1)CCCC2N. The number of benzene rings is 1. The van der Waals surface area contributed by atoms with Crippen molar-refractivity contribution in [2.24, 2.45) is 5.73 Å². The van der Waals surface area contributed by atoms with Gasteiger partial charge in [0.05, 0.1) is 6.61 Å². The van der Waals surface area contributed by atoms with Gasteiger partial charge in [-0.15, -0.1) is 0 Å². The zero-order valence-electron chi connectivity index (χ0n) is 11.5. The molecule has 0 spiro atoms. The molecule has 1 atom stereocenters. The van der Waals surface area contributed by atoms with E-state index in [2.05, 4.69) is 37.2 Å². The summed E-state index contributed by atoms with van der Waals surface area (Å²) in [6.45, 7) is 1.85. The Kier molecular flexibility index (Phi) is 4.61. The van der Waals surface area contributed by atoms with Crippen LogP contribution in [-0.4, -0.2) is 32.1 Å². The number of nitrogens with zero attached hydrogens (tertiary/aromatic N) is 1. The second-order valence-corrected chi connectivity index (χ2v) is 5.36. The van der Waals surface area contributed by atoms with Crippen LogP contribution >= 0.6 is 0 Å². The smallest absolute Gasteiger partial charge is 0.119 e. The Labute approximate surface area is 110 Å². The summed E-state index contributed by atoms with van der Waals surface area (Å²) in [6, 6.07) is 6.58. The van der Waals surface area contributed by atoms with E-state index in [0.717, 1.165) is 38.2 Å². The Morgan fingerprint density at radius 2 is 2.22 bits per heavy atom. The molecule has 0 saturated heterocycles. The van der Waals surface area contributed by atoms with Crippen molar-refractivity contribution in [1.29, 1.82) is 0 Å². The first-order chi connectivity index (χ1) is 8.66. The van der Waals surface area contributed by atoms with Crippen molar-refractivity contribution in [3.63, 3.8) is 0 Å². The van der Waals surface area contributed by atoms with Crippen molar-refractivity contribution in [1.82, 2.24) is 4.90 Å². The Morgan fingerprint density at radius 3 is 3.00 bits per heavy atom. The molecule has 0 radical (unpaired) electrons. The monoisotopic (exact) mass is 248 g/mol. The van der Waals surface area contributed by atoms with Gasteiger partial charge in [-0.3, -0.25) is 0 Å². The van der Waals surface area contributed by atoms with Crippen molar-refractivity contribution < 1.29 is 4.74 Å². The van der Waals surface area contributed by atoms with Crippen LogP contribution in [0.5, 0.6) is 5.75 Å². The fourth-order valence-electron chi connectivity index (χ4n) is 2.49. The third kappa shape index (κ3) is 3.47. The molecular formula is C15H24N2O. The molecule has 1 aromatic carbocycles. The van der Waals surface area contributed by atoms with Crippen LogP contribution in [0.4, 0.5) is 0 Å². The summed E-state index contributed by atoms with van der Waals surface area (Å²) < 4.78 is 5.79. The van der Waals surface area contributed by atoms with E-state index in [1.165, 1.54) is 17.5 Å². The molecule has 2 rings (SSSR count). The number of hydrogen-bond donors (Lipinski definition) is 1. The number of ether oxygens (including phenoxy) is 1. The van der Waals surface area contributed by atoms with E-state index in [0.29, 0.717) is 0 Å². The Morgan fingerprint density at radius 1 is 1.39 bits per heavy atom. The molecule has 0 aromatic heterocycles. The van der Waals surface area contributed by atoms with Crippen LogP contribution in [0, 0.1) is 0 Å². The summed E-state index contributed by atoms with van der Waals surface area (Å²) in [5, 5.41) is 0. The summed E-state index contributed by atoms with van der Waals surface area (Å²) in [5.74, 6) is 0.988. The second kappa shape index (κ2) is 6.21. The molecular weight excluding hydrogens is 224 g/mol. The summed E-state index contributed by atoms with van der Waals surface area (Å²) in [4.78, 5) is 2.18. The number of nitrogens with two attached hydrogens (primary N) is 1. The van der Waals surface area contributed by atoms with Crippen LogP contribution in [-0.2, 0) is 6.42 Å². The first kappa shape index (κ1) is 13.4. The minimum atomic E-state index is 0.219. The molecule has 1 aliphatic carbocycles. The molecule has 2 N–H and O–H groups in total. The van der Waals surface area contributed by atoms with E-state index in [9.17, 15) is 0 Å². The van der Waals surface area contributed by atoms with Crippen molar-refractivity contribution in [2.45, 2.75) is 31.7 Å². The van der Waals surface area contributed by atoms with Crippen LogP contribution in [0.3, 0.4) is 0 Å². The topological polar surface area (TPSA) is 38.5 Å². The van der Waals surface area contributed by atoms with Gasteiger partial charge in [0.2, 0.25) is 0 Å². The quantitative estimate of drug-likeness (QED) is 0.813. The van der Waals surface area contributed by atoms with Gasteiger partial charge in [-0.2, -0.15) is 0 Å². The average molecular weight is 248 g/mol. The third-order valence-electron chi connectivity index (χ3n) is 3.49. The first-order valence-corrected chi connectivity index (χ1v) is 6.83. The van der Waals surface area contributed by atoms with E-state index in [1.807, 2.05) is 0 Å². The highest BCUT2D eigenvalue weighted by Gasteiger charge is 2.16. The lowest BCUT2D eigenvalue weighted by molar-refractivity contribution is 0.281. The van der Waals surface area contributed by atoms with Crippen LogP contribution in [0.25, 0.3) is 0 Å². The fourth-order valence-corrected chi connectivity index (χ4v) is 2.49. The average Bonchev–Trinajstić information content (AvgIpc) is 2.35. The van der Waals surface area contributed by atoms with E-state index in [1.54, 1.807) is 0 Å². The fraction of sp³-hybridized carbons (Fsp3) is 0.600. The maximum Gasteiger partial charge on any atom is 0.119 e. The summed E-state index contributed by atoms with van der Waals surface area (Å²) >= 11 is 0. The number of rotatable bonds is 5. The molecule has 100 valence electrons. The van der Waals surface area contributed by atoms with E-state index >= 15 is 0 Å². The molecule has 0 bridgehead atoms. The molecule has 0 amide bonds. The summed E-state index contributed by atoms with van der Waals surface area (Å²) in [7, 11) is 4.17. The molecule has 0 saturated carbocycles. The van der Waals surface area contributed by atoms with Crippen LogP contribution < -0.4 is 10.5 Å². The number of fused-ring (bicyclic) bond motifs is 1. The molecule has 0 fully saturated rings. The van der Waals surface area contributed by atoms with E-state index in [-0.39, 0.29) is 6.04 Å². The Hall–Kier alpha value is -1.06. The number of aryl methyl sites for hydroxylation is 1. The lowest BCUT2D eigenvalue weighted by Crippen LogP contribution is -2.17. The Balaban J connectivity index is 1.90. The molecule has 18 heavy (non-hydrogen) atoms. The second-order valence-electron chi connectivity index (χ2n) is 5.36. The van der Waals surface area contributed by atoms with Gasteiger partial charge < -0.3 is 15.4 Å². The third-order valence-corrected chi connectivity index (χ3v) is 3.49. The van der Waals surface area contributed by atoms with Gasteiger partial charge in [-0.1, -0.05) is 6.07 Å². The molecule has 0 aliphatic heterocycles. The minimum Gasteiger partial charge on any atom is -0.494 e. The van der Waals surface area contributed by atoms with Crippen molar-refractivity contribution in [3.05, 3.63) is 29.3 Å². The molecule has 3 nitrogen and oxygen atoms in total. The zero-order chi connectivity index (χ0) is 13.0. The highest BCUT2D eigenvalue weighted by atomic mass is 16.5. The molecule has 1 aliphatic rings. The zero-order valence-corrected chi connectivity index (χ0v) is 11.5.